The molecule has 0 saturated carbocycles. The summed E-state index contributed by atoms with van der Waals surface area (Å²) >= 11 is 3.39. The number of hydrogen-bond donors (Lipinski definition) is 0. The smallest absolute Gasteiger partial charge is 0.229 e. The third-order valence-corrected chi connectivity index (χ3v) is 2.75. The molecule has 0 amide bonds. The van der Waals surface area contributed by atoms with Crippen LogP contribution in [0.5, 0.6) is 0 Å². The summed E-state index contributed by atoms with van der Waals surface area (Å²) in [7, 11) is 0. The van der Waals surface area contributed by atoms with Crippen molar-refractivity contribution in [2.45, 2.75) is 12.3 Å². The SMILES string of the molecule is CC(=O)n1cnc2c(CBr)cccc21. The van der Waals surface area contributed by atoms with Crippen LogP contribution in [0.25, 0.3) is 11.0 Å². The van der Waals surface area contributed by atoms with E-state index in [0.717, 1.165) is 21.9 Å². The zero-order valence-electron chi connectivity index (χ0n) is 7.70. The van der Waals surface area contributed by atoms with Crippen LogP contribution in [0.3, 0.4) is 0 Å². The molecule has 0 saturated heterocycles. The number of carbonyl (C=O) groups excluding carboxylic acids is 1. The lowest BCUT2D eigenvalue weighted by Crippen LogP contribution is -2.02. The molecule has 14 heavy (non-hydrogen) atoms. The van der Waals surface area contributed by atoms with Crippen molar-refractivity contribution in [3.63, 3.8) is 0 Å². The molecule has 0 N–H and O–H groups in total. The third kappa shape index (κ3) is 1.35. The lowest BCUT2D eigenvalue weighted by Gasteiger charge is -1.99. The largest absolute Gasteiger partial charge is 0.274 e. The molecule has 0 radical (unpaired) electrons. The van der Waals surface area contributed by atoms with Crippen molar-refractivity contribution in [2.75, 3.05) is 0 Å². The number of nitrogens with zero attached hydrogens (tertiary/aromatic N) is 2. The van der Waals surface area contributed by atoms with E-state index in [1.54, 1.807) is 10.9 Å². The van der Waals surface area contributed by atoms with Gasteiger partial charge in [0.1, 0.15) is 6.33 Å². The molecule has 0 unspecified atom stereocenters. The number of carbonyl (C=O) groups is 1. The van der Waals surface area contributed by atoms with E-state index in [1.807, 2.05) is 18.2 Å². The van der Waals surface area contributed by atoms with Gasteiger partial charge >= 0.3 is 0 Å². The van der Waals surface area contributed by atoms with E-state index in [-0.39, 0.29) is 5.91 Å². The van der Waals surface area contributed by atoms with Gasteiger partial charge in [-0.1, -0.05) is 28.1 Å². The van der Waals surface area contributed by atoms with E-state index >= 15 is 0 Å². The first kappa shape index (κ1) is 9.40. The second kappa shape index (κ2) is 3.53. The monoisotopic (exact) mass is 252 g/mol. The Morgan fingerprint density at radius 2 is 2.36 bits per heavy atom. The van der Waals surface area contributed by atoms with Crippen LogP contribution >= 0.6 is 15.9 Å². The summed E-state index contributed by atoms with van der Waals surface area (Å²) in [5.74, 6) is -0.0146. The fraction of sp³-hybridized carbons (Fsp3) is 0.200. The van der Waals surface area contributed by atoms with Gasteiger partial charge in [-0.3, -0.25) is 9.36 Å². The number of para-hydroxylation sites is 1. The van der Waals surface area contributed by atoms with Crippen molar-refractivity contribution in [1.29, 1.82) is 0 Å². The van der Waals surface area contributed by atoms with E-state index in [4.69, 9.17) is 0 Å². The Balaban J connectivity index is 2.75. The highest BCUT2D eigenvalue weighted by molar-refractivity contribution is 9.08. The van der Waals surface area contributed by atoms with Gasteiger partial charge in [-0.25, -0.2) is 4.98 Å². The zero-order valence-corrected chi connectivity index (χ0v) is 9.28. The Kier molecular flexibility index (Phi) is 2.37. The lowest BCUT2D eigenvalue weighted by molar-refractivity contribution is 0.0941. The van der Waals surface area contributed by atoms with Crippen molar-refractivity contribution in [3.05, 3.63) is 30.1 Å². The molecule has 0 fully saturated rings. The van der Waals surface area contributed by atoms with Crippen LogP contribution in [0.4, 0.5) is 0 Å². The summed E-state index contributed by atoms with van der Waals surface area (Å²) in [4.78, 5) is 15.5. The Morgan fingerprint density at radius 1 is 1.57 bits per heavy atom. The number of imidazole rings is 1. The van der Waals surface area contributed by atoms with Gasteiger partial charge in [0.2, 0.25) is 5.91 Å². The van der Waals surface area contributed by atoms with Crippen LogP contribution in [0.2, 0.25) is 0 Å². The summed E-state index contributed by atoms with van der Waals surface area (Å²) in [6, 6.07) is 5.82. The molecular weight excluding hydrogens is 244 g/mol. The first-order valence-corrected chi connectivity index (χ1v) is 5.38. The van der Waals surface area contributed by atoms with Gasteiger partial charge in [-0.2, -0.15) is 0 Å². The predicted molar refractivity (Wildman–Crippen MR) is 58.7 cm³/mol. The van der Waals surface area contributed by atoms with E-state index in [1.165, 1.54) is 6.92 Å². The first-order chi connectivity index (χ1) is 6.74. The van der Waals surface area contributed by atoms with Crippen LogP contribution in [-0.4, -0.2) is 15.5 Å². The highest BCUT2D eigenvalue weighted by Gasteiger charge is 2.07. The maximum absolute atomic E-state index is 11.2. The van der Waals surface area contributed by atoms with Gasteiger partial charge in [0, 0.05) is 12.3 Å². The molecular formula is C10H9BrN2O. The Hall–Kier alpha value is -1.16. The fourth-order valence-corrected chi connectivity index (χ4v) is 1.91. The van der Waals surface area contributed by atoms with Gasteiger partial charge in [0.25, 0.3) is 0 Å². The topological polar surface area (TPSA) is 34.9 Å². The molecule has 0 aliphatic rings. The molecule has 2 rings (SSSR count). The third-order valence-electron chi connectivity index (χ3n) is 2.14. The Labute approximate surface area is 89.9 Å². The summed E-state index contributed by atoms with van der Waals surface area (Å²) in [6.07, 6.45) is 1.57. The van der Waals surface area contributed by atoms with Crippen molar-refractivity contribution in [2.24, 2.45) is 0 Å². The summed E-state index contributed by atoms with van der Waals surface area (Å²) in [5.41, 5.74) is 2.86. The fourth-order valence-electron chi connectivity index (χ4n) is 1.46. The molecule has 0 spiro atoms. The number of fused-ring (bicyclic) bond motifs is 1. The zero-order chi connectivity index (χ0) is 10.1. The van der Waals surface area contributed by atoms with Gasteiger partial charge < -0.3 is 0 Å². The molecule has 0 atom stereocenters. The van der Waals surface area contributed by atoms with Crippen molar-refractivity contribution in [3.8, 4) is 0 Å². The van der Waals surface area contributed by atoms with Gasteiger partial charge in [-0.05, 0) is 11.6 Å². The molecule has 72 valence electrons. The highest BCUT2D eigenvalue weighted by atomic mass is 79.9. The summed E-state index contributed by atoms with van der Waals surface area (Å²) in [6.45, 7) is 1.53. The number of benzene rings is 1. The van der Waals surface area contributed by atoms with Crippen LogP contribution in [0.1, 0.15) is 17.3 Å². The molecule has 1 aromatic carbocycles. The second-order valence-corrected chi connectivity index (χ2v) is 3.61. The quantitative estimate of drug-likeness (QED) is 0.732. The predicted octanol–water partition coefficient (Wildman–Crippen LogP) is 2.59. The highest BCUT2D eigenvalue weighted by Crippen LogP contribution is 2.19. The molecule has 0 bridgehead atoms. The van der Waals surface area contributed by atoms with Crippen LogP contribution in [0, 0.1) is 0 Å². The van der Waals surface area contributed by atoms with Crippen LogP contribution < -0.4 is 0 Å². The van der Waals surface area contributed by atoms with E-state index in [9.17, 15) is 4.79 Å². The standard InChI is InChI=1S/C10H9BrN2O/c1-7(14)13-6-12-10-8(5-11)3-2-4-9(10)13/h2-4,6H,5H2,1H3. The maximum atomic E-state index is 11.2. The van der Waals surface area contributed by atoms with E-state index in [0.29, 0.717) is 0 Å². The molecule has 1 aromatic heterocycles. The number of alkyl halides is 1. The number of hydrogen-bond acceptors (Lipinski definition) is 2. The molecule has 4 heteroatoms. The molecule has 1 heterocycles. The first-order valence-electron chi connectivity index (χ1n) is 4.26. The van der Waals surface area contributed by atoms with Crippen LogP contribution in [0.15, 0.2) is 24.5 Å². The minimum absolute atomic E-state index is 0.0146. The van der Waals surface area contributed by atoms with Crippen LogP contribution in [-0.2, 0) is 5.33 Å². The van der Waals surface area contributed by atoms with Crippen molar-refractivity contribution < 1.29 is 4.79 Å². The van der Waals surface area contributed by atoms with E-state index in [2.05, 4.69) is 20.9 Å². The average Bonchev–Trinajstić information content (AvgIpc) is 2.60. The summed E-state index contributed by atoms with van der Waals surface area (Å²) < 4.78 is 1.56. The minimum atomic E-state index is -0.0146. The molecule has 0 aliphatic carbocycles. The average molecular weight is 253 g/mol. The lowest BCUT2D eigenvalue weighted by atomic mass is 10.2. The normalized spacial score (nSPS) is 10.7. The maximum Gasteiger partial charge on any atom is 0.229 e. The van der Waals surface area contributed by atoms with Crippen molar-refractivity contribution in [1.82, 2.24) is 9.55 Å². The number of rotatable bonds is 1. The Morgan fingerprint density at radius 3 is 3.00 bits per heavy atom. The number of halogens is 1. The van der Waals surface area contributed by atoms with E-state index < -0.39 is 0 Å². The van der Waals surface area contributed by atoms with Gasteiger partial charge in [0.05, 0.1) is 11.0 Å². The molecule has 3 nitrogen and oxygen atoms in total. The van der Waals surface area contributed by atoms with Gasteiger partial charge in [0.15, 0.2) is 0 Å². The second-order valence-electron chi connectivity index (χ2n) is 3.05. The van der Waals surface area contributed by atoms with Gasteiger partial charge in [-0.15, -0.1) is 0 Å². The minimum Gasteiger partial charge on any atom is -0.274 e. The number of aromatic nitrogens is 2. The molecule has 2 aromatic rings. The van der Waals surface area contributed by atoms with Crippen molar-refractivity contribution >= 4 is 32.9 Å². The summed E-state index contributed by atoms with van der Waals surface area (Å²) in [5, 5.41) is 0.749. The Bertz CT molecular complexity index is 490. The molecule has 0 aliphatic heterocycles.